The first kappa shape index (κ1) is 12.2. The van der Waals surface area contributed by atoms with Crippen LogP contribution >= 0.6 is 22.6 Å². The van der Waals surface area contributed by atoms with Gasteiger partial charge in [0.05, 0.1) is 0 Å². The van der Waals surface area contributed by atoms with Crippen LogP contribution in [0.1, 0.15) is 20.3 Å². The van der Waals surface area contributed by atoms with E-state index in [1.165, 1.54) is 0 Å². The van der Waals surface area contributed by atoms with Crippen LogP contribution in [-0.4, -0.2) is 10.9 Å². The van der Waals surface area contributed by atoms with E-state index in [0.29, 0.717) is 5.82 Å². The molecule has 0 aliphatic rings. The Bertz CT molecular complexity index is 371. The average molecular weight is 316 g/mol. The Morgan fingerprint density at radius 1 is 1.60 bits per heavy atom. The SMILES string of the molecule is CCC=C(C)C(=O)Nc1ccc(I)cn1. The summed E-state index contributed by atoms with van der Waals surface area (Å²) >= 11 is 2.17. The highest BCUT2D eigenvalue weighted by Crippen LogP contribution is 2.08. The maximum atomic E-state index is 11.6. The van der Waals surface area contributed by atoms with Gasteiger partial charge in [0.1, 0.15) is 5.82 Å². The number of nitrogens with one attached hydrogen (secondary N) is 1. The van der Waals surface area contributed by atoms with Gasteiger partial charge in [0.2, 0.25) is 0 Å². The standard InChI is InChI=1S/C11H13IN2O/c1-3-4-8(2)11(15)14-10-6-5-9(12)7-13-10/h4-7H,3H2,1-2H3,(H,13,14,15). The molecule has 0 bridgehead atoms. The fraction of sp³-hybridized carbons (Fsp3) is 0.273. The lowest BCUT2D eigenvalue weighted by Gasteiger charge is -2.03. The molecule has 1 rings (SSSR count). The molecule has 1 amide bonds. The van der Waals surface area contributed by atoms with Crippen LogP contribution in [0, 0.1) is 3.57 Å². The molecule has 1 aromatic rings. The molecule has 0 saturated carbocycles. The highest BCUT2D eigenvalue weighted by molar-refractivity contribution is 14.1. The number of hydrogen-bond donors (Lipinski definition) is 1. The summed E-state index contributed by atoms with van der Waals surface area (Å²) in [6, 6.07) is 3.70. The number of allylic oxidation sites excluding steroid dienone is 1. The van der Waals surface area contributed by atoms with Gasteiger partial charge < -0.3 is 5.32 Å². The van der Waals surface area contributed by atoms with Gasteiger partial charge in [-0.15, -0.1) is 0 Å². The van der Waals surface area contributed by atoms with E-state index >= 15 is 0 Å². The third kappa shape index (κ3) is 3.99. The van der Waals surface area contributed by atoms with E-state index in [4.69, 9.17) is 0 Å². The van der Waals surface area contributed by atoms with Gasteiger partial charge in [-0.2, -0.15) is 0 Å². The first-order valence-electron chi connectivity index (χ1n) is 4.73. The summed E-state index contributed by atoms with van der Waals surface area (Å²) in [6.07, 6.45) is 4.47. The maximum absolute atomic E-state index is 11.6. The average Bonchev–Trinajstić information content (AvgIpc) is 2.22. The van der Waals surface area contributed by atoms with Crippen LogP contribution in [0.15, 0.2) is 30.0 Å². The van der Waals surface area contributed by atoms with Crippen molar-refractivity contribution < 1.29 is 4.79 Å². The predicted octanol–water partition coefficient (Wildman–Crippen LogP) is 2.98. The van der Waals surface area contributed by atoms with Crippen molar-refractivity contribution in [2.75, 3.05) is 5.32 Å². The van der Waals surface area contributed by atoms with Crippen LogP contribution in [-0.2, 0) is 4.79 Å². The van der Waals surface area contributed by atoms with Crippen LogP contribution in [0.3, 0.4) is 0 Å². The Labute approximate surface area is 103 Å². The van der Waals surface area contributed by atoms with Crippen molar-refractivity contribution in [3.8, 4) is 0 Å². The molecule has 0 saturated heterocycles. The van der Waals surface area contributed by atoms with Crippen molar-refractivity contribution in [2.45, 2.75) is 20.3 Å². The van der Waals surface area contributed by atoms with Gasteiger partial charge >= 0.3 is 0 Å². The van der Waals surface area contributed by atoms with Gasteiger partial charge in [-0.05, 0) is 48.1 Å². The summed E-state index contributed by atoms with van der Waals surface area (Å²) in [5.74, 6) is 0.495. The zero-order chi connectivity index (χ0) is 11.3. The second-order valence-electron chi connectivity index (χ2n) is 3.11. The molecule has 4 heteroatoms. The fourth-order valence-electron chi connectivity index (χ4n) is 1.06. The lowest BCUT2D eigenvalue weighted by atomic mass is 10.2. The van der Waals surface area contributed by atoms with Crippen LogP contribution in [0.2, 0.25) is 0 Å². The summed E-state index contributed by atoms with van der Waals surface area (Å²) in [5, 5.41) is 2.73. The zero-order valence-electron chi connectivity index (χ0n) is 8.75. The Morgan fingerprint density at radius 2 is 2.33 bits per heavy atom. The molecule has 0 aromatic carbocycles. The lowest BCUT2D eigenvalue weighted by Crippen LogP contribution is -2.13. The topological polar surface area (TPSA) is 42.0 Å². The Hall–Kier alpha value is -0.910. The van der Waals surface area contributed by atoms with Crippen molar-refractivity contribution in [1.82, 2.24) is 4.98 Å². The van der Waals surface area contributed by atoms with Crippen LogP contribution in [0.4, 0.5) is 5.82 Å². The lowest BCUT2D eigenvalue weighted by molar-refractivity contribution is -0.112. The van der Waals surface area contributed by atoms with E-state index in [-0.39, 0.29) is 5.91 Å². The molecule has 0 aliphatic heterocycles. The van der Waals surface area contributed by atoms with Crippen molar-refractivity contribution >= 4 is 34.3 Å². The monoisotopic (exact) mass is 316 g/mol. The van der Waals surface area contributed by atoms with Gasteiger partial charge in [-0.25, -0.2) is 4.98 Å². The minimum atomic E-state index is -0.0921. The number of carbonyl (C=O) groups excluding carboxylic acids is 1. The molecule has 1 heterocycles. The summed E-state index contributed by atoms with van der Waals surface area (Å²) in [4.78, 5) is 15.7. The molecule has 0 aliphatic carbocycles. The van der Waals surface area contributed by atoms with Gasteiger partial charge in [0, 0.05) is 15.3 Å². The molecule has 0 spiro atoms. The van der Waals surface area contributed by atoms with E-state index in [1.54, 1.807) is 19.2 Å². The first-order valence-corrected chi connectivity index (χ1v) is 5.81. The molecule has 80 valence electrons. The number of pyridine rings is 1. The quantitative estimate of drug-likeness (QED) is 0.688. The fourth-order valence-corrected chi connectivity index (χ4v) is 1.38. The van der Waals surface area contributed by atoms with E-state index in [1.807, 2.05) is 19.1 Å². The normalized spacial score (nSPS) is 11.3. The van der Waals surface area contributed by atoms with E-state index in [0.717, 1.165) is 15.6 Å². The number of halogens is 1. The van der Waals surface area contributed by atoms with Gasteiger partial charge in [-0.1, -0.05) is 13.0 Å². The number of anilines is 1. The van der Waals surface area contributed by atoms with Crippen LogP contribution < -0.4 is 5.32 Å². The van der Waals surface area contributed by atoms with E-state index < -0.39 is 0 Å². The minimum absolute atomic E-state index is 0.0921. The molecule has 0 radical (unpaired) electrons. The number of rotatable bonds is 3. The number of nitrogens with zero attached hydrogens (tertiary/aromatic N) is 1. The van der Waals surface area contributed by atoms with Crippen LogP contribution in [0.25, 0.3) is 0 Å². The third-order valence-electron chi connectivity index (χ3n) is 1.84. The molecule has 0 unspecified atom stereocenters. The molecule has 0 fully saturated rings. The summed E-state index contributed by atoms with van der Waals surface area (Å²) in [6.45, 7) is 3.80. The summed E-state index contributed by atoms with van der Waals surface area (Å²) in [5.41, 5.74) is 0.720. The highest BCUT2D eigenvalue weighted by Gasteiger charge is 2.04. The molecule has 0 atom stereocenters. The number of amides is 1. The van der Waals surface area contributed by atoms with Gasteiger partial charge in [0.15, 0.2) is 0 Å². The second-order valence-corrected chi connectivity index (χ2v) is 4.36. The Kier molecular flexibility index (Phi) is 4.74. The summed E-state index contributed by atoms with van der Waals surface area (Å²) in [7, 11) is 0. The Balaban J connectivity index is 2.66. The number of aromatic nitrogens is 1. The van der Waals surface area contributed by atoms with Gasteiger partial charge in [0.25, 0.3) is 5.91 Å². The molecule has 3 nitrogen and oxygen atoms in total. The van der Waals surface area contributed by atoms with Crippen LogP contribution in [0.5, 0.6) is 0 Å². The third-order valence-corrected chi connectivity index (χ3v) is 2.48. The maximum Gasteiger partial charge on any atom is 0.252 e. The highest BCUT2D eigenvalue weighted by atomic mass is 127. The molecular weight excluding hydrogens is 303 g/mol. The predicted molar refractivity (Wildman–Crippen MR) is 69.6 cm³/mol. The zero-order valence-corrected chi connectivity index (χ0v) is 10.9. The Morgan fingerprint density at radius 3 is 2.87 bits per heavy atom. The number of hydrogen-bond acceptors (Lipinski definition) is 2. The molecular formula is C11H13IN2O. The largest absolute Gasteiger partial charge is 0.307 e. The smallest absolute Gasteiger partial charge is 0.252 e. The van der Waals surface area contributed by atoms with Gasteiger partial charge in [-0.3, -0.25) is 4.79 Å². The van der Waals surface area contributed by atoms with Crippen molar-refractivity contribution in [2.24, 2.45) is 0 Å². The van der Waals surface area contributed by atoms with Crippen molar-refractivity contribution in [1.29, 1.82) is 0 Å². The molecule has 15 heavy (non-hydrogen) atoms. The molecule has 1 aromatic heterocycles. The minimum Gasteiger partial charge on any atom is -0.307 e. The summed E-state index contributed by atoms with van der Waals surface area (Å²) < 4.78 is 1.05. The number of carbonyl (C=O) groups is 1. The van der Waals surface area contributed by atoms with Crippen molar-refractivity contribution in [3.63, 3.8) is 0 Å². The first-order chi connectivity index (χ1) is 7.13. The van der Waals surface area contributed by atoms with Crippen molar-refractivity contribution in [3.05, 3.63) is 33.5 Å². The molecule has 1 N–H and O–H groups in total. The van der Waals surface area contributed by atoms with E-state index in [2.05, 4.69) is 32.9 Å². The van der Waals surface area contributed by atoms with E-state index in [9.17, 15) is 4.79 Å². The second kappa shape index (κ2) is 5.85.